The fourth-order valence-electron chi connectivity index (χ4n) is 2.21. The first kappa shape index (κ1) is 17.7. The number of esters is 1. The maximum atomic E-state index is 13.6. The Hall–Kier alpha value is -2.60. The van der Waals surface area contributed by atoms with E-state index in [-0.39, 0.29) is 13.0 Å². The highest BCUT2D eigenvalue weighted by molar-refractivity contribution is 5.76. The summed E-state index contributed by atoms with van der Waals surface area (Å²) in [4.78, 5) is 12.0. The number of methoxy groups -OCH3 is 2. The number of halogens is 1. The van der Waals surface area contributed by atoms with Gasteiger partial charge in [0.2, 0.25) is 0 Å². The summed E-state index contributed by atoms with van der Waals surface area (Å²) in [5.41, 5.74) is 6.87. The summed E-state index contributed by atoms with van der Waals surface area (Å²) in [5.74, 6) is 0.191. The first-order valence-corrected chi connectivity index (χ1v) is 7.41. The van der Waals surface area contributed by atoms with Crippen molar-refractivity contribution >= 4 is 5.97 Å². The summed E-state index contributed by atoms with van der Waals surface area (Å²) in [6.07, 6.45) is 0.0747. The van der Waals surface area contributed by atoms with E-state index in [0.717, 1.165) is 0 Å². The molecule has 2 rings (SSSR count). The molecule has 5 nitrogen and oxygen atoms in total. The van der Waals surface area contributed by atoms with Crippen molar-refractivity contribution in [3.63, 3.8) is 0 Å². The highest BCUT2D eigenvalue weighted by Gasteiger charge is 2.18. The Morgan fingerprint density at radius 1 is 1.12 bits per heavy atom. The van der Waals surface area contributed by atoms with Crippen LogP contribution in [0.25, 0.3) is 0 Å². The molecule has 0 heterocycles. The van der Waals surface area contributed by atoms with Crippen LogP contribution in [0, 0.1) is 5.82 Å². The van der Waals surface area contributed by atoms with E-state index in [0.29, 0.717) is 22.6 Å². The van der Waals surface area contributed by atoms with Crippen LogP contribution < -0.4 is 15.2 Å². The molecule has 0 spiro atoms. The lowest BCUT2D eigenvalue weighted by Gasteiger charge is -2.14. The van der Waals surface area contributed by atoms with Gasteiger partial charge in [0.05, 0.1) is 14.2 Å². The van der Waals surface area contributed by atoms with E-state index < -0.39 is 17.8 Å². The highest BCUT2D eigenvalue weighted by atomic mass is 19.1. The Labute approximate surface area is 140 Å². The minimum Gasteiger partial charge on any atom is -0.497 e. The van der Waals surface area contributed by atoms with Crippen LogP contribution in [-0.4, -0.2) is 26.2 Å². The van der Waals surface area contributed by atoms with Crippen molar-refractivity contribution in [1.29, 1.82) is 0 Å². The predicted octanol–water partition coefficient (Wildman–Crippen LogP) is 2.46. The van der Waals surface area contributed by atoms with Crippen molar-refractivity contribution < 1.29 is 23.4 Å². The number of benzene rings is 2. The van der Waals surface area contributed by atoms with Crippen molar-refractivity contribution in [3.8, 4) is 11.5 Å². The second-order valence-electron chi connectivity index (χ2n) is 5.19. The Balaban J connectivity index is 1.96. The van der Waals surface area contributed by atoms with Crippen LogP contribution in [0.4, 0.5) is 4.39 Å². The second kappa shape index (κ2) is 8.31. The van der Waals surface area contributed by atoms with Crippen LogP contribution in [0.15, 0.2) is 42.5 Å². The maximum absolute atomic E-state index is 13.6. The SMILES string of the molecule is COc1ccc(COC(=O)C(N)Cc2ccccc2F)c(OC)c1. The number of carbonyl (C=O) groups is 1. The molecule has 0 saturated heterocycles. The fourth-order valence-corrected chi connectivity index (χ4v) is 2.21. The molecule has 0 radical (unpaired) electrons. The van der Waals surface area contributed by atoms with Gasteiger partial charge in [-0.2, -0.15) is 0 Å². The van der Waals surface area contributed by atoms with E-state index in [1.807, 2.05) is 0 Å². The maximum Gasteiger partial charge on any atom is 0.323 e. The zero-order valence-corrected chi connectivity index (χ0v) is 13.6. The molecule has 0 amide bonds. The molecule has 6 heteroatoms. The molecule has 0 aliphatic carbocycles. The number of ether oxygens (including phenoxy) is 3. The minimum absolute atomic E-state index is 0.0109. The molecule has 128 valence electrons. The van der Waals surface area contributed by atoms with Gasteiger partial charge in [-0.1, -0.05) is 18.2 Å². The number of hydrogen-bond donors (Lipinski definition) is 1. The van der Waals surface area contributed by atoms with Gasteiger partial charge in [-0.3, -0.25) is 4.79 Å². The molecule has 0 bridgehead atoms. The molecule has 24 heavy (non-hydrogen) atoms. The number of hydrogen-bond acceptors (Lipinski definition) is 5. The molecular formula is C18H20FNO4. The van der Waals surface area contributed by atoms with Gasteiger partial charge < -0.3 is 19.9 Å². The van der Waals surface area contributed by atoms with Gasteiger partial charge in [-0.05, 0) is 23.8 Å². The summed E-state index contributed by atoms with van der Waals surface area (Å²) in [6, 6.07) is 10.4. The number of rotatable bonds is 7. The molecule has 0 aliphatic heterocycles. The van der Waals surface area contributed by atoms with E-state index in [9.17, 15) is 9.18 Å². The Bertz CT molecular complexity index is 705. The summed E-state index contributed by atoms with van der Waals surface area (Å²) in [7, 11) is 3.07. The highest BCUT2D eigenvalue weighted by Crippen LogP contribution is 2.25. The fraction of sp³-hybridized carbons (Fsp3) is 0.278. The summed E-state index contributed by atoms with van der Waals surface area (Å²) in [6.45, 7) is 0.0109. The van der Waals surface area contributed by atoms with Gasteiger partial charge in [0.15, 0.2) is 0 Å². The molecule has 2 aromatic carbocycles. The van der Waals surface area contributed by atoms with Crippen molar-refractivity contribution in [2.24, 2.45) is 5.73 Å². The van der Waals surface area contributed by atoms with E-state index >= 15 is 0 Å². The van der Waals surface area contributed by atoms with Crippen LogP contribution in [0.2, 0.25) is 0 Å². The van der Waals surface area contributed by atoms with Gasteiger partial charge in [-0.15, -0.1) is 0 Å². The lowest BCUT2D eigenvalue weighted by Crippen LogP contribution is -2.34. The summed E-state index contributed by atoms with van der Waals surface area (Å²) in [5, 5.41) is 0. The molecule has 0 fully saturated rings. The summed E-state index contributed by atoms with van der Waals surface area (Å²) >= 11 is 0. The Kier molecular flexibility index (Phi) is 6.14. The smallest absolute Gasteiger partial charge is 0.323 e. The summed E-state index contributed by atoms with van der Waals surface area (Å²) < 4.78 is 29.2. The van der Waals surface area contributed by atoms with Gasteiger partial charge in [-0.25, -0.2) is 4.39 Å². The van der Waals surface area contributed by atoms with Crippen LogP contribution in [0.5, 0.6) is 11.5 Å². The van der Waals surface area contributed by atoms with E-state index in [4.69, 9.17) is 19.9 Å². The standard InChI is InChI=1S/C18H20FNO4/c1-22-14-8-7-13(17(10-14)23-2)11-24-18(21)16(20)9-12-5-3-4-6-15(12)19/h3-8,10,16H,9,11,20H2,1-2H3. The van der Waals surface area contributed by atoms with Gasteiger partial charge in [0.25, 0.3) is 0 Å². The van der Waals surface area contributed by atoms with Crippen LogP contribution in [-0.2, 0) is 22.6 Å². The zero-order valence-electron chi connectivity index (χ0n) is 13.6. The van der Waals surface area contributed by atoms with Gasteiger partial charge in [0, 0.05) is 18.1 Å². The molecule has 0 aromatic heterocycles. The van der Waals surface area contributed by atoms with Crippen LogP contribution >= 0.6 is 0 Å². The predicted molar refractivity (Wildman–Crippen MR) is 87.4 cm³/mol. The van der Waals surface area contributed by atoms with Crippen molar-refractivity contribution in [1.82, 2.24) is 0 Å². The normalized spacial score (nSPS) is 11.7. The average molecular weight is 333 g/mol. The first-order chi connectivity index (χ1) is 11.5. The molecule has 0 aliphatic rings. The number of nitrogens with two attached hydrogens (primary N) is 1. The molecule has 0 saturated carbocycles. The van der Waals surface area contributed by atoms with E-state index in [1.54, 1.807) is 43.5 Å². The van der Waals surface area contributed by atoms with E-state index in [1.165, 1.54) is 13.2 Å². The number of carbonyl (C=O) groups excluding carboxylic acids is 1. The topological polar surface area (TPSA) is 70.8 Å². The average Bonchev–Trinajstić information content (AvgIpc) is 2.61. The third kappa shape index (κ3) is 4.45. The zero-order chi connectivity index (χ0) is 17.5. The molecular weight excluding hydrogens is 313 g/mol. The Morgan fingerprint density at radius 3 is 2.54 bits per heavy atom. The third-order valence-corrected chi connectivity index (χ3v) is 3.56. The first-order valence-electron chi connectivity index (χ1n) is 7.41. The third-order valence-electron chi connectivity index (χ3n) is 3.56. The van der Waals surface area contributed by atoms with Crippen LogP contribution in [0.1, 0.15) is 11.1 Å². The molecule has 1 unspecified atom stereocenters. The Morgan fingerprint density at radius 2 is 1.88 bits per heavy atom. The molecule has 1 atom stereocenters. The van der Waals surface area contributed by atoms with Crippen molar-refractivity contribution in [3.05, 3.63) is 59.4 Å². The lowest BCUT2D eigenvalue weighted by atomic mass is 10.1. The van der Waals surface area contributed by atoms with Gasteiger partial charge >= 0.3 is 5.97 Å². The van der Waals surface area contributed by atoms with Crippen molar-refractivity contribution in [2.45, 2.75) is 19.1 Å². The lowest BCUT2D eigenvalue weighted by molar-refractivity contribution is -0.146. The second-order valence-corrected chi connectivity index (χ2v) is 5.19. The molecule has 2 aromatic rings. The van der Waals surface area contributed by atoms with Crippen LogP contribution in [0.3, 0.4) is 0 Å². The van der Waals surface area contributed by atoms with Gasteiger partial charge in [0.1, 0.15) is 30.0 Å². The van der Waals surface area contributed by atoms with Crippen molar-refractivity contribution in [2.75, 3.05) is 14.2 Å². The van der Waals surface area contributed by atoms with E-state index in [2.05, 4.69) is 0 Å². The molecule has 2 N–H and O–H groups in total. The minimum atomic E-state index is -0.939. The monoisotopic (exact) mass is 333 g/mol. The quantitative estimate of drug-likeness (QED) is 0.788. The largest absolute Gasteiger partial charge is 0.497 e.